The van der Waals surface area contributed by atoms with Crippen molar-refractivity contribution in [3.8, 4) is 0 Å². The van der Waals surface area contributed by atoms with E-state index in [9.17, 15) is 4.79 Å². The van der Waals surface area contributed by atoms with Crippen LogP contribution in [0.4, 0.5) is 0 Å². The van der Waals surface area contributed by atoms with Gasteiger partial charge in [0.1, 0.15) is 5.65 Å². The van der Waals surface area contributed by atoms with Gasteiger partial charge in [-0.1, -0.05) is 12.1 Å². The van der Waals surface area contributed by atoms with Gasteiger partial charge in [-0.15, -0.1) is 0 Å². The van der Waals surface area contributed by atoms with E-state index in [4.69, 9.17) is 4.98 Å². The molecular weight excluding hydrogens is 352 g/mol. The second-order valence-corrected chi connectivity index (χ2v) is 7.16. The van der Waals surface area contributed by atoms with Crippen molar-refractivity contribution in [1.82, 2.24) is 29.2 Å². The molecule has 5 heterocycles. The lowest BCUT2D eigenvalue weighted by atomic mass is 9.99. The van der Waals surface area contributed by atoms with Gasteiger partial charge in [-0.3, -0.25) is 19.1 Å². The molecular formula is C21H20N6O. The lowest BCUT2D eigenvalue weighted by molar-refractivity contribution is 0.194. The Morgan fingerprint density at radius 2 is 2.14 bits per heavy atom. The van der Waals surface area contributed by atoms with Gasteiger partial charge in [0, 0.05) is 43.7 Å². The van der Waals surface area contributed by atoms with Crippen molar-refractivity contribution in [2.45, 2.75) is 25.9 Å². The van der Waals surface area contributed by atoms with Crippen molar-refractivity contribution in [1.29, 1.82) is 0 Å². The van der Waals surface area contributed by atoms with Crippen LogP contribution >= 0.6 is 0 Å². The Bertz CT molecular complexity index is 1200. The number of imidazole rings is 1. The zero-order valence-electron chi connectivity index (χ0n) is 15.5. The molecule has 5 rings (SSSR count). The van der Waals surface area contributed by atoms with Crippen molar-refractivity contribution in [2.24, 2.45) is 0 Å². The van der Waals surface area contributed by atoms with Crippen molar-refractivity contribution in [3.63, 3.8) is 0 Å². The van der Waals surface area contributed by atoms with E-state index in [-0.39, 0.29) is 11.6 Å². The first-order valence-electron chi connectivity index (χ1n) is 9.35. The van der Waals surface area contributed by atoms with E-state index >= 15 is 0 Å². The summed E-state index contributed by atoms with van der Waals surface area (Å²) in [4.78, 5) is 32.0. The molecule has 28 heavy (non-hydrogen) atoms. The normalized spacial score (nSPS) is 17.0. The molecule has 0 saturated heterocycles. The molecule has 0 fully saturated rings. The molecule has 0 radical (unpaired) electrons. The van der Waals surface area contributed by atoms with E-state index in [1.54, 1.807) is 23.0 Å². The third kappa shape index (κ3) is 2.90. The number of H-pyrrole nitrogens is 1. The lowest BCUT2D eigenvalue weighted by Crippen LogP contribution is -2.37. The van der Waals surface area contributed by atoms with E-state index in [1.807, 2.05) is 43.5 Å². The largest absolute Gasteiger partial charge is 0.348 e. The highest BCUT2D eigenvalue weighted by Gasteiger charge is 2.32. The van der Waals surface area contributed by atoms with Crippen LogP contribution in [-0.4, -0.2) is 35.8 Å². The SMILES string of the molecule is Cc1ccc2nc(CN3CCc4[nH]cnc4C3c3ccccn3)cc(=O)n2c1. The zero-order chi connectivity index (χ0) is 19.1. The molecule has 4 aromatic rings. The first kappa shape index (κ1) is 16.8. The van der Waals surface area contributed by atoms with Gasteiger partial charge in [0.05, 0.1) is 29.5 Å². The lowest BCUT2D eigenvalue weighted by Gasteiger charge is -2.34. The molecule has 0 aromatic carbocycles. The fourth-order valence-electron chi connectivity index (χ4n) is 3.91. The fraction of sp³-hybridized carbons (Fsp3) is 0.238. The van der Waals surface area contributed by atoms with Crippen LogP contribution in [0.15, 0.2) is 59.9 Å². The number of nitrogens with one attached hydrogen (secondary N) is 1. The predicted octanol–water partition coefficient (Wildman–Crippen LogP) is 2.27. The van der Waals surface area contributed by atoms with Gasteiger partial charge >= 0.3 is 0 Å². The molecule has 0 bridgehead atoms. The van der Waals surface area contributed by atoms with Gasteiger partial charge in [0.2, 0.25) is 0 Å². The Kier molecular flexibility index (Phi) is 4.02. The molecule has 4 aromatic heterocycles. The van der Waals surface area contributed by atoms with E-state index in [2.05, 4.69) is 19.9 Å². The number of aromatic nitrogens is 5. The number of rotatable bonds is 3. The first-order chi connectivity index (χ1) is 13.7. The molecule has 1 N–H and O–H groups in total. The number of pyridine rings is 2. The predicted molar refractivity (Wildman–Crippen MR) is 105 cm³/mol. The molecule has 1 unspecified atom stereocenters. The van der Waals surface area contributed by atoms with Gasteiger partial charge in [0.25, 0.3) is 5.56 Å². The standard InChI is InChI=1S/C21H20N6O/c1-14-5-6-18-25-15(10-19(28)27(18)11-14)12-26-9-7-16-20(24-13-23-16)21(26)17-4-2-3-8-22-17/h2-6,8,10-11,13,21H,7,9,12H2,1H3,(H,23,24). The van der Waals surface area contributed by atoms with E-state index < -0.39 is 0 Å². The minimum absolute atomic E-state index is 0.0597. The van der Waals surface area contributed by atoms with Crippen LogP contribution in [0.2, 0.25) is 0 Å². The Balaban J connectivity index is 1.54. The average Bonchev–Trinajstić information content (AvgIpc) is 3.18. The van der Waals surface area contributed by atoms with Gasteiger partial charge in [0.15, 0.2) is 0 Å². The molecule has 0 aliphatic carbocycles. The molecule has 0 saturated carbocycles. The fourth-order valence-corrected chi connectivity index (χ4v) is 3.91. The molecule has 7 nitrogen and oxygen atoms in total. The molecule has 1 aliphatic rings. The summed E-state index contributed by atoms with van der Waals surface area (Å²) < 4.78 is 1.59. The third-order valence-corrected chi connectivity index (χ3v) is 5.22. The maximum absolute atomic E-state index is 12.6. The van der Waals surface area contributed by atoms with E-state index in [1.165, 1.54) is 0 Å². The summed E-state index contributed by atoms with van der Waals surface area (Å²) >= 11 is 0. The molecule has 0 amide bonds. The maximum atomic E-state index is 12.6. The van der Waals surface area contributed by atoms with Gasteiger partial charge < -0.3 is 4.98 Å². The summed E-state index contributed by atoms with van der Waals surface area (Å²) in [6, 6.07) is 11.3. The second-order valence-electron chi connectivity index (χ2n) is 7.16. The minimum atomic E-state index is -0.0607. The topological polar surface area (TPSA) is 79.2 Å². The summed E-state index contributed by atoms with van der Waals surface area (Å²) in [5.41, 5.74) is 5.49. The van der Waals surface area contributed by atoms with Gasteiger partial charge in [-0.05, 0) is 30.7 Å². The quantitative estimate of drug-likeness (QED) is 0.597. The highest BCUT2D eigenvalue weighted by molar-refractivity contribution is 5.40. The Morgan fingerprint density at radius 1 is 1.21 bits per heavy atom. The minimum Gasteiger partial charge on any atom is -0.348 e. The summed E-state index contributed by atoms with van der Waals surface area (Å²) in [6.45, 7) is 3.37. The van der Waals surface area contributed by atoms with Crippen molar-refractivity contribution in [3.05, 3.63) is 93.8 Å². The molecule has 0 spiro atoms. The van der Waals surface area contributed by atoms with Crippen LogP contribution in [0.5, 0.6) is 0 Å². The summed E-state index contributed by atoms with van der Waals surface area (Å²) in [7, 11) is 0. The number of aryl methyl sites for hydroxylation is 1. The van der Waals surface area contributed by atoms with Gasteiger partial charge in [-0.25, -0.2) is 9.97 Å². The van der Waals surface area contributed by atoms with Gasteiger partial charge in [-0.2, -0.15) is 0 Å². The number of aromatic amines is 1. The van der Waals surface area contributed by atoms with E-state index in [0.717, 1.165) is 41.3 Å². The first-order valence-corrected chi connectivity index (χ1v) is 9.35. The molecule has 7 heteroatoms. The maximum Gasteiger partial charge on any atom is 0.258 e. The highest BCUT2D eigenvalue weighted by Crippen LogP contribution is 2.32. The Hall–Kier alpha value is -3.32. The van der Waals surface area contributed by atoms with Crippen LogP contribution in [0.3, 0.4) is 0 Å². The van der Waals surface area contributed by atoms with Crippen LogP contribution < -0.4 is 5.56 Å². The van der Waals surface area contributed by atoms with Crippen LogP contribution in [0.1, 0.15) is 34.4 Å². The molecule has 1 atom stereocenters. The third-order valence-electron chi connectivity index (χ3n) is 5.22. The van der Waals surface area contributed by atoms with Crippen molar-refractivity contribution >= 4 is 5.65 Å². The monoisotopic (exact) mass is 372 g/mol. The number of nitrogens with zero attached hydrogens (tertiary/aromatic N) is 5. The van der Waals surface area contributed by atoms with Crippen LogP contribution in [0, 0.1) is 6.92 Å². The van der Waals surface area contributed by atoms with Crippen molar-refractivity contribution in [2.75, 3.05) is 6.54 Å². The summed E-state index contributed by atoms with van der Waals surface area (Å²) in [6.07, 6.45) is 6.25. The Labute approximate surface area is 161 Å². The molecule has 140 valence electrons. The second kappa shape index (κ2) is 6.69. The van der Waals surface area contributed by atoms with Crippen LogP contribution in [-0.2, 0) is 13.0 Å². The molecule has 1 aliphatic heterocycles. The summed E-state index contributed by atoms with van der Waals surface area (Å²) in [5, 5.41) is 0. The Morgan fingerprint density at radius 3 is 3.00 bits per heavy atom. The smallest absolute Gasteiger partial charge is 0.258 e. The average molecular weight is 372 g/mol. The van der Waals surface area contributed by atoms with E-state index in [0.29, 0.717) is 12.2 Å². The number of hydrogen-bond acceptors (Lipinski definition) is 5. The number of fused-ring (bicyclic) bond motifs is 2. The highest BCUT2D eigenvalue weighted by atomic mass is 16.1. The summed E-state index contributed by atoms with van der Waals surface area (Å²) in [5.74, 6) is 0. The van der Waals surface area contributed by atoms with Crippen molar-refractivity contribution < 1.29 is 0 Å². The number of hydrogen-bond donors (Lipinski definition) is 1. The van der Waals surface area contributed by atoms with Crippen LogP contribution in [0.25, 0.3) is 5.65 Å². The zero-order valence-corrected chi connectivity index (χ0v) is 15.5.